The van der Waals surface area contributed by atoms with Gasteiger partial charge in [0.25, 0.3) is 0 Å². The van der Waals surface area contributed by atoms with Crippen molar-refractivity contribution in [2.45, 2.75) is 58.5 Å². The van der Waals surface area contributed by atoms with Crippen LogP contribution in [0.15, 0.2) is 0 Å². The summed E-state index contributed by atoms with van der Waals surface area (Å²) in [5, 5.41) is 2.83. The Kier molecular flexibility index (Phi) is 6.95. The number of amides is 3. The molecule has 0 aliphatic heterocycles. The molecule has 0 unspecified atom stereocenters. The van der Waals surface area contributed by atoms with Crippen molar-refractivity contribution in [3.63, 3.8) is 0 Å². The molecule has 6 heteroatoms. The molecule has 0 heterocycles. The number of nitrogens with one attached hydrogen (secondary N) is 1. The predicted molar refractivity (Wildman–Crippen MR) is 82.0 cm³/mol. The maximum atomic E-state index is 12.2. The fourth-order valence-electron chi connectivity index (χ4n) is 2.44. The molecular formula is C15H29N3O3. The summed E-state index contributed by atoms with van der Waals surface area (Å²) in [5.74, 6) is 0.515. The van der Waals surface area contributed by atoms with Crippen molar-refractivity contribution in [3.8, 4) is 0 Å². The molecule has 21 heavy (non-hydrogen) atoms. The van der Waals surface area contributed by atoms with E-state index in [1.807, 2.05) is 0 Å². The molecule has 0 spiro atoms. The van der Waals surface area contributed by atoms with Crippen LogP contribution in [-0.4, -0.2) is 42.3 Å². The lowest BCUT2D eigenvalue weighted by Gasteiger charge is -2.27. The van der Waals surface area contributed by atoms with Crippen molar-refractivity contribution in [2.24, 2.45) is 11.7 Å². The second-order valence-corrected chi connectivity index (χ2v) is 6.61. The number of hydrogen-bond donors (Lipinski definition) is 2. The molecule has 0 radical (unpaired) electrons. The van der Waals surface area contributed by atoms with Gasteiger partial charge in [-0.15, -0.1) is 0 Å². The SMILES string of the molecule is CC(C)(C)OC(=O)N(CCN)C(=O)NCC1CCCCC1. The summed E-state index contributed by atoms with van der Waals surface area (Å²) >= 11 is 0. The normalized spacial score (nSPS) is 16.4. The van der Waals surface area contributed by atoms with Gasteiger partial charge in [-0.25, -0.2) is 14.5 Å². The molecule has 1 saturated carbocycles. The molecule has 3 amide bonds. The number of carbonyl (C=O) groups excluding carboxylic acids is 2. The second-order valence-electron chi connectivity index (χ2n) is 6.61. The summed E-state index contributed by atoms with van der Waals surface area (Å²) in [6.07, 6.45) is 5.36. The monoisotopic (exact) mass is 299 g/mol. The topological polar surface area (TPSA) is 84.7 Å². The largest absolute Gasteiger partial charge is 0.443 e. The maximum Gasteiger partial charge on any atom is 0.418 e. The van der Waals surface area contributed by atoms with Crippen molar-refractivity contribution in [3.05, 3.63) is 0 Å². The first-order valence-electron chi connectivity index (χ1n) is 7.82. The number of rotatable bonds is 4. The molecule has 1 aliphatic rings. The van der Waals surface area contributed by atoms with Gasteiger partial charge in [0.1, 0.15) is 5.60 Å². The Morgan fingerprint density at radius 2 is 1.86 bits per heavy atom. The molecule has 122 valence electrons. The highest BCUT2D eigenvalue weighted by Gasteiger charge is 2.27. The Morgan fingerprint density at radius 3 is 2.38 bits per heavy atom. The van der Waals surface area contributed by atoms with Gasteiger partial charge in [0.2, 0.25) is 0 Å². The molecule has 0 aromatic carbocycles. The van der Waals surface area contributed by atoms with E-state index in [-0.39, 0.29) is 13.1 Å². The van der Waals surface area contributed by atoms with E-state index in [9.17, 15) is 9.59 Å². The van der Waals surface area contributed by atoms with E-state index >= 15 is 0 Å². The summed E-state index contributed by atoms with van der Waals surface area (Å²) in [6, 6.07) is -0.416. The first-order chi connectivity index (χ1) is 9.83. The fourth-order valence-corrected chi connectivity index (χ4v) is 2.44. The number of urea groups is 1. The highest BCUT2D eigenvalue weighted by atomic mass is 16.6. The Balaban J connectivity index is 2.49. The van der Waals surface area contributed by atoms with Gasteiger partial charge >= 0.3 is 12.1 Å². The molecule has 0 bridgehead atoms. The van der Waals surface area contributed by atoms with E-state index in [4.69, 9.17) is 10.5 Å². The average Bonchev–Trinajstić information content (AvgIpc) is 2.41. The van der Waals surface area contributed by atoms with Crippen LogP contribution in [0.1, 0.15) is 52.9 Å². The molecular weight excluding hydrogens is 270 g/mol. The predicted octanol–water partition coefficient (Wildman–Crippen LogP) is 2.47. The molecule has 0 aromatic rings. The van der Waals surface area contributed by atoms with Gasteiger partial charge in [-0.3, -0.25) is 0 Å². The second kappa shape index (κ2) is 8.22. The minimum Gasteiger partial charge on any atom is -0.443 e. The lowest BCUT2D eigenvalue weighted by Crippen LogP contribution is -2.49. The summed E-state index contributed by atoms with van der Waals surface area (Å²) in [6.45, 7) is 6.30. The van der Waals surface area contributed by atoms with Crippen molar-refractivity contribution < 1.29 is 14.3 Å². The third-order valence-electron chi connectivity index (χ3n) is 3.48. The van der Waals surface area contributed by atoms with Gasteiger partial charge in [0.05, 0.1) is 0 Å². The van der Waals surface area contributed by atoms with E-state index in [0.29, 0.717) is 12.5 Å². The van der Waals surface area contributed by atoms with Crippen LogP contribution in [0.5, 0.6) is 0 Å². The number of nitrogens with zero attached hydrogens (tertiary/aromatic N) is 1. The summed E-state index contributed by atoms with van der Waals surface area (Å²) in [4.78, 5) is 25.2. The molecule has 3 N–H and O–H groups in total. The molecule has 0 atom stereocenters. The molecule has 6 nitrogen and oxygen atoms in total. The van der Waals surface area contributed by atoms with Crippen LogP contribution >= 0.6 is 0 Å². The van der Waals surface area contributed by atoms with E-state index in [1.54, 1.807) is 20.8 Å². The molecule has 0 aromatic heterocycles. The first-order valence-corrected chi connectivity index (χ1v) is 7.82. The van der Waals surface area contributed by atoms with Gasteiger partial charge in [-0.2, -0.15) is 0 Å². The van der Waals surface area contributed by atoms with E-state index < -0.39 is 17.7 Å². The van der Waals surface area contributed by atoms with E-state index in [1.165, 1.54) is 19.3 Å². The zero-order valence-corrected chi connectivity index (χ0v) is 13.5. The smallest absolute Gasteiger partial charge is 0.418 e. The Hall–Kier alpha value is -1.30. The van der Waals surface area contributed by atoms with Gasteiger partial charge in [-0.05, 0) is 39.5 Å². The fraction of sp³-hybridized carbons (Fsp3) is 0.867. The molecule has 1 fully saturated rings. The van der Waals surface area contributed by atoms with Crippen LogP contribution < -0.4 is 11.1 Å². The average molecular weight is 299 g/mol. The highest BCUT2D eigenvalue weighted by Crippen LogP contribution is 2.22. The minimum absolute atomic E-state index is 0.158. The number of nitrogens with two attached hydrogens (primary N) is 1. The zero-order chi connectivity index (χ0) is 15.9. The summed E-state index contributed by atoms with van der Waals surface area (Å²) in [7, 11) is 0. The minimum atomic E-state index is -0.644. The van der Waals surface area contributed by atoms with Crippen LogP contribution in [0, 0.1) is 5.92 Å². The summed E-state index contributed by atoms with van der Waals surface area (Å²) < 4.78 is 5.24. The van der Waals surface area contributed by atoms with Crippen molar-refractivity contribution in [2.75, 3.05) is 19.6 Å². The number of ether oxygens (including phenoxy) is 1. The first kappa shape index (κ1) is 17.8. The van der Waals surface area contributed by atoms with Crippen molar-refractivity contribution >= 4 is 12.1 Å². The van der Waals surface area contributed by atoms with Crippen LogP contribution in [0.4, 0.5) is 9.59 Å². The highest BCUT2D eigenvalue weighted by molar-refractivity contribution is 5.91. The lowest BCUT2D eigenvalue weighted by molar-refractivity contribution is 0.0324. The molecule has 0 saturated heterocycles. The van der Waals surface area contributed by atoms with Crippen LogP contribution in [-0.2, 0) is 4.74 Å². The quantitative estimate of drug-likeness (QED) is 0.835. The Labute approximate surface area is 127 Å². The van der Waals surface area contributed by atoms with Crippen LogP contribution in [0.2, 0.25) is 0 Å². The van der Waals surface area contributed by atoms with Crippen LogP contribution in [0.3, 0.4) is 0 Å². The molecule has 1 aliphatic carbocycles. The van der Waals surface area contributed by atoms with Crippen molar-refractivity contribution in [1.82, 2.24) is 10.2 Å². The number of hydrogen-bond acceptors (Lipinski definition) is 4. The van der Waals surface area contributed by atoms with Gasteiger partial charge in [0, 0.05) is 19.6 Å². The van der Waals surface area contributed by atoms with Gasteiger partial charge < -0.3 is 15.8 Å². The van der Waals surface area contributed by atoms with Crippen molar-refractivity contribution in [1.29, 1.82) is 0 Å². The Bertz CT molecular complexity index is 347. The standard InChI is InChI=1S/C15H29N3O3/c1-15(2,3)21-14(20)18(10-9-16)13(19)17-11-12-7-5-4-6-8-12/h12H,4-11,16H2,1-3H3,(H,17,19). The van der Waals surface area contributed by atoms with Gasteiger partial charge in [0.15, 0.2) is 0 Å². The zero-order valence-electron chi connectivity index (χ0n) is 13.5. The number of imide groups is 1. The number of carbonyl (C=O) groups is 2. The summed E-state index contributed by atoms with van der Waals surface area (Å²) in [5.41, 5.74) is 4.85. The maximum absolute atomic E-state index is 12.2. The molecule has 1 rings (SSSR count). The van der Waals surface area contributed by atoms with E-state index in [0.717, 1.165) is 17.7 Å². The Morgan fingerprint density at radius 1 is 1.24 bits per heavy atom. The van der Waals surface area contributed by atoms with Crippen LogP contribution in [0.25, 0.3) is 0 Å². The third-order valence-corrected chi connectivity index (χ3v) is 3.48. The third kappa shape index (κ3) is 6.80. The lowest BCUT2D eigenvalue weighted by atomic mass is 9.89. The van der Waals surface area contributed by atoms with Gasteiger partial charge in [-0.1, -0.05) is 19.3 Å². The van der Waals surface area contributed by atoms with E-state index in [2.05, 4.69) is 5.32 Å².